The Balaban J connectivity index is 1.95. The van der Waals surface area contributed by atoms with E-state index in [1.807, 2.05) is 0 Å². The fourth-order valence-electron chi connectivity index (χ4n) is 1.65. The Morgan fingerprint density at radius 2 is 2.25 bits per heavy atom. The number of ether oxygens (including phenoxy) is 3. The van der Waals surface area contributed by atoms with Crippen molar-refractivity contribution in [3.05, 3.63) is 0 Å². The van der Waals surface area contributed by atoms with Gasteiger partial charge in [0.25, 0.3) is 0 Å². The van der Waals surface area contributed by atoms with Crippen LogP contribution in [0.15, 0.2) is 0 Å². The van der Waals surface area contributed by atoms with Crippen LogP contribution in [0.4, 0.5) is 0 Å². The molecule has 1 aliphatic heterocycles. The average molecular weight is 232 g/mol. The predicted octanol–water partition coefficient (Wildman–Crippen LogP) is -0.430. The smallest absolute Gasteiger partial charge is 0.0936 e. The van der Waals surface area contributed by atoms with Gasteiger partial charge in [-0.05, 0) is 7.05 Å². The number of rotatable bonds is 8. The summed E-state index contributed by atoms with van der Waals surface area (Å²) in [6, 6.07) is 0. The number of hydrogen-bond acceptors (Lipinski definition) is 5. The zero-order valence-electron chi connectivity index (χ0n) is 10.4. The molecule has 1 fully saturated rings. The summed E-state index contributed by atoms with van der Waals surface area (Å²) in [6.07, 6.45) is 0.234. The third-order valence-corrected chi connectivity index (χ3v) is 2.55. The van der Waals surface area contributed by atoms with Crippen molar-refractivity contribution in [1.29, 1.82) is 0 Å². The van der Waals surface area contributed by atoms with Crippen molar-refractivity contribution in [2.45, 2.75) is 6.10 Å². The quantitative estimate of drug-likeness (QED) is 0.575. The van der Waals surface area contributed by atoms with Crippen LogP contribution >= 0.6 is 0 Å². The van der Waals surface area contributed by atoms with E-state index in [2.05, 4.69) is 17.3 Å². The molecule has 1 aliphatic rings. The van der Waals surface area contributed by atoms with Gasteiger partial charge in [-0.2, -0.15) is 0 Å². The molecule has 0 aromatic heterocycles. The molecule has 1 unspecified atom stereocenters. The second-order valence-electron chi connectivity index (χ2n) is 4.07. The van der Waals surface area contributed by atoms with Crippen LogP contribution in [0.3, 0.4) is 0 Å². The zero-order chi connectivity index (χ0) is 11.6. The van der Waals surface area contributed by atoms with Gasteiger partial charge in [0.1, 0.15) is 0 Å². The lowest BCUT2D eigenvalue weighted by atomic mass is 10.3. The van der Waals surface area contributed by atoms with E-state index in [1.54, 1.807) is 7.11 Å². The van der Waals surface area contributed by atoms with Gasteiger partial charge in [-0.25, -0.2) is 0 Å². The first-order chi connectivity index (χ1) is 7.83. The fraction of sp³-hybridized carbons (Fsp3) is 1.00. The zero-order valence-corrected chi connectivity index (χ0v) is 10.4. The molecule has 1 saturated heterocycles. The minimum absolute atomic E-state index is 0.234. The highest BCUT2D eigenvalue weighted by Gasteiger charge is 2.15. The lowest BCUT2D eigenvalue weighted by Gasteiger charge is -2.27. The topological polar surface area (TPSA) is 43.0 Å². The summed E-state index contributed by atoms with van der Waals surface area (Å²) in [7, 11) is 3.82. The van der Waals surface area contributed by atoms with E-state index in [-0.39, 0.29) is 6.10 Å². The maximum atomic E-state index is 5.59. The van der Waals surface area contributed by atoms with Gasteiger partial charge in [0.2, 0.25) is 0 Å². The standard InChI is InChI=1S/C11H24N2O3/c1-13(5-3-12-4-6-14-2)9-11-10-15-7-8-16-11/h11-12H,3-10H2,1-2H3. The monoisotopic (exact) mass is 232 g/mol. The van der Waals surface area contributed by atoms with Crippen molar-refractivity contribution < 1.29 is 14.2 Å². The van der Waals surface area contributed by atoms with Crippen LogP contribution in [-0.4, -0.2) is 77.8 Å². The highest BCUT2D eigenvalue weighted by Crippen LogP contribution is 2.01. The Kier molecular flexibility index (Phi) is 7.71. The first kappa shape index (κ1) is 13.9. The van der Waals surface area contributed by atoms with Crippen LogP contribution in [0, 0.1) is 0 Å². The van der Waals surface area contributed by atoms with Crippen molar-refractivity contribution in [2.75, 3.05) is 66.8 Å². The molecule has 0 radical (unpaired) electrons. The first-order valence-corrected chi connectivity index (χ1v) is 5.90. The van der Waals surface area contributed by atoms with Gasteiger partial charge in [0.05, 0.1) is 32.5 Å². The van der Waals surface area contributed by atoms with E-state index in [9.17, 15) is 0 Å². The summed E-state index contributed by atoms with van der Waals surface area (Å²) >= 11 is 0. The minimum atomic E-state index is 0.234. The van der Waals surface area contributed by atoms with E-state index in [0.717, 1.165) is 52.6 Å². The van der Waals surface area contributed by atoms with E-state index >= 15 is 0 Å². The summed E-state index contributed by atoms with van der Waals surface area (Å²) < 4.78 is 15.9. The van der Waals surface area contributed by atoms with Crippen molar-refractivity contribution in [3.63, 3.8) is 0 Å². The van der Waals surface area contributed by atoms with Gasteiger partial charge in [0.15, 0.2) is 0 Å². The summed E-state index contributed by atoms with van der Waals surface area (Å²) in [5, 5.41) is 3.32. The number of nitrogens with zero attached hydrogens (tertiary/aromatic N) is 1. The Bertz CT molecular complexity index is 163. The molecule has 1 rings (SSSR count). The number of hydrogen-bond donors (Lipinski definition) is 1. The summed E-state index contributed by atoms with van der Waals surface area (Å²) in [6.45, 7) is 6.80. The molecule has 0 saturated carbocycles. The maximum Gasteiger partial charge on any atom is 0.0936 e. The maximum absolute atomic E-state index is 5.59. The van der Waals surface area contributed by atoms with Crippen molar-refractivity contribution in [2.24, 2.45) is 0 Å². The molecule has 1 heterocycles. The Labute approximate surface area is 98.0 Å². The molecule has 5 heteroatoms. The van der Waals surface area contributed by atoms with E-state index in [0.29, 0.717) is 0 Å². The van der Waals surface area contributed by atoms with Crippen LogP contribution in [0.25, 0.3) is 0 Å². The van der Waals surface area contributed by atoms with Crippen LogP contribution in [0.5, 0.6) is 0 Å². The highest BCUT2D eigenvalue weighted by molar-refractivity contribution is 4.66. The molecular formula is C11H24N2O3. The van der Waals surface area contributed by atoms with Gasteiger partial charge in [-0.15, -0.1) is 0 Å². The molecule has 0 bridgehead atoms. The summed E-state index contributed by atoms with van der Waals surface area (Å²) in [5.41, 5.74) is 0. The Hall–Kier alpha value is -0.200. The second kappa shape index (κ2) is 8.90. The summed E-state index contributed by atoms with van der Waals surface area (Å²) in [5.74, 6) is 0. The van der Waals surface area contributed by atoms with Gasteiger partial charge < -0.3 is 24.4 Å². The molecular weight excluding hydrogens is 208 g/mol. The Morgan fingerprint density at radius 3 is 2.94 bits per heavy atom. The van der Waals surface area contributed by atoms with E-state index in [4.69, 9.17) is 14.2 Å². The summed E-state index contributed by atoms with van der Waals surface area (Å²) in [4.78, 5) is 2.26. The van der Waals surface area contributed by atoms with Crippen LogP contribution in [0.1, 0.15) is 0 Å². The molecule has 16 heavy (non-hydrogen) atoms. The molecule has 1 atom stereocenters. The van der Waals surface area contributed by atoms with Gasteiger partial charge in [-0.1, -0.05) is 0 Å². The fourth-order valence-corrected chi connectivity index (χ4v) is 1.65. The van der Waals surface area contributed by atoms with Gasteiger partial charge >= 0.3 is 0 Å². The third-order valence-electron chi connectivity index (χ3n) is 2.55. The van der Waals surface area contributed by atoms with E-state index < -0.39 is 0 Å². The lowest BCUT2D eigenvalue weighted by Crippen LogP contribution is -2.40. The molecule has 0 amide bonds. The van der Waals surface area contributed by atoms with Crippen molar-refractivity contribution in [1.82, 2.24) is 10.2 Å². The number of nitrogens with one attached hydrogen (secondary N) is 1. The number of methoxy groups -OCH3 is 1. The SMILES string of the molecule is COCCNCCN(C)CC1COCCO1. The molecule has 0 aromatic rings. The van der Waals surface area contributed by atoms with Crippen LogP contribution in [-0.2, 0) is 14.2 Å². The first-order valence-electron chi connectivity index (χ1n) is 5.90. The number of likely N-dealkylation sites (N-methyl/N-ethyl adjacent to an activating group) is 1. The molecule has 96 valence electrons. The second-order valence-corrected chi connectivity index (χ2v) is 4.07. The normalized spacial score (nSPS) is 21.6. The van der Waals surface area contributed by atoms with Crippen LogP contribution in [0.2, 0.25) is 0 Å². The molecule has 0 aromatic carbocycles. The third kappa shape index (κ3) is 6.40. The Morgan fingerprint density at radius 1 is 1.38 bits per heavy atom. The molecule has 1 N–H and O–H groups in total. The van der Waals surface area contributed by atoms with Crippen LogP contribution < -0.4 is 5.32 Å². The highest BCUT2D eigenvalue weighted by atomic mass is 16.6. The molecule has 0 aliphatic carbocycles. The molecule has 0 spiro atoms. The van der Waals surface area contributed by atoms with Crippen molar-refractivity contribution in [3.8, 4) is 0 Å². The van der Waals surface area contributed by atoms with Gasteiger partial charge in [-0.3, -0.25) is 0 Å². The lowest BCUT2D eigenvalue weighted by molar-refractivity contribution is -0.0956. The average Bonchev–Trinajstić information content (AvgIpc) is 2.30. The molecule has 5 nitrogen and oxygen atoms in total. The van der Waals surface area contributed by atoms with Gasteiger partial charge in [0, 0.05) is 33.3 Å². The largest absolute Gasteiger partial charge is 0.383 e. The minimum Gasteiger partial charge on any atom is -0.383 e. The van der Waals surface area contributed by atoms with Crippen molar-refractivity contribution >= 4 is 0 Å². The predicted molar refractivity (Wildman–Crippen MR) is 62.8 cm³/mol. The van der Waals surface area contributed by atoms with E-state index in [1.165, 1.54) is 0 Å².